The largest absolute Gasteiger partial charge is 0.481 e. The third-order valence-electron chi connectivity index (χ3n) is 7.36. The molecule has 192 valence electrons. The number of carboxylic acids is 2. The van der Waals surface area contributed by atoms with Gasteiger partial charge in [-0.3, -0.25) is 9.59 Å². The number of benzene rings is 3. The summed E-state index contributed by atoms with van der Waals surface area (Å²) in [6.45, 7) is 6.09. The highest BCUT2D eigenvalue weighted by molar-refractivity contribution is 7.99. The number of aliphatic carboxylic acids is 2. The summed E-state index contributed by atoms with van der Waals surface area (Å²) in [6.07, 6.45) is -0.484. The molecular weight excluding hydrogens is 486 g/mol. The molecule has 2 atom stereocenters. The summed E-state index contributed by atoms with van der Waals surface area (Å²) >= 11 is 1.57. The molecule has 5 rings (SSSR count). The number of fused-ring (bicyclic) bond motifs is 2. The second-order valence-corrected chi connectivity index (χ2v) is 10.8. The number of hydrogen-bond donors (Lipinski definition) is 3. The summed E-state index contributed by atoms with van der Waals surface area (Å²) in [6, 6.07) is 20.3. The Morgan fingerprint density at radius 3 is 2.32 bits per heavy atom. The van der Waals surface area contributed by atoms with Crippen LogP contribution in [-0.4, -0.2) is 60.3 Å². The van der Waals surface area contributed by atoms with Gasteiger partial charge in [0, 0.05) is 47.6 Å². The summed E-state index contributed by atoms with van der Waals surface area (Å²) in [7, 11) is 2.14. The van der Waals surface area contributed by atoms with Crippen molar-refractivity contribution >= 4 is 40.8 Å². The van der Waals surface area contributed by atoms with Crippen LogP contribution in [0.15, 0.2) is 70.5 Å². The van der Waals surface area contributed by atoms with Crippen LogP contribution in [0.5, 0.6) is 0 Å². The lowest BCUT2D eigenvalue weighted by molar-refractivity contribution is -0.145. The normalized spacial score (nSPS) is 16.8. The molecule has 1 saturated heterocycles. The van der Waals surface area contributed by atoms with Crippen molar-refractivity contribution < 1.29 is 19.8 Å². The predicted octanol–water partition coefficient (Wildman–Crippen LogP) is 5.44. The van der Waals surface area contributed by atoms with Crippen molar-refractivity contribution in [3.8, 4) is 0 Å². The number of anilines is 3. The van der Waals surface area contributed by atoms with Gasteiger partial charge < -0.3 is 25.3 Å². The van der Waals surface area contributed by atoms with Crippen LogP contribution in [0.4, 0.5) is 17.1 Å². The van der Waals surface area contributed by atoms with E-state index in [0.717, 1.165) is 52.8 Å². The number of hydrogen-bond acceptors (Lipinski definition) is 6. The van der Waals surface area contributed by atoms with Gasteiger partial charge in [0.15, 0.2) is 0 Å². The average molecular weight is 518 g/mol. The lowest BCUT2D eigenvalue weighted by atomic mass is 9.82. The lowest BCUT2D eigenvalue weighted by Crippen LogP contribution is -2.44. The van der Waals surface area contributed by atoms with Crippen LogP contribution in [0, 0.1) is 0 Å². The molecule has 0 aromatic heterocycles. The Hall–Kier alpha value is -3.49. The number of piperazine rings is 1. The highest BCUT2D eigenvalue weighted by atomic mass is 32.2. The van der Waals surface area contributed by atoms with E-state index >= 15 is 0 Å². The monoisotopic (exact) mass is 517 g/mol. The summed E-state index contributed by atoms with van der Waals surface area (Å²) < 4.78 is 0. The third-order valence-corrected chi connectivity index (χ3v) is 8.50. The molecule has 2 unspecified atom stereocenters. The zero-order chi connectivity index (χ0) is 26.1. The number of likely N-dealkylation sites (N-methyl/N-ethyl adjacent to an activating group) is 1. The van der Waals surface area contributed by atoms with E-state index in [-0.39, 0.29) is 5.92 Å². The number of rotatable bonds is 7. The van der Waals surface area contributed by atoms with Crippen LogP contribution >= 0.6 is 11.8 Å². The molecule has 37 heavy (non-hydrogen) atoms. The van der Waals surface area contributed by atoms with Crippen molar-refractivity contribution in [3.63, 3.8) is 0 Å². The Kier molecular flexibility index (Phi) is 7.13. The van der Waals surface area contributed by atoms with Crippen molar-refractivity contribution in [1.82, 2.24) is 4.90 Å². The molecule has 0 amide bonds. The summed E-state index contributed by atoms with van der Waals surface area (Å²) in [4.78, 5) is 30.8. The van der Waals surface area contributed by atoms with E-state index in [1.807, 2.05) is 36.4 Å². The first-order chi connectivity index (χ1) is 17.8. The molecule has 2 heterocycles. The van der Waals surface area contributed by atoms with E-state index in [1.54, 1.807) is 11.8 Å². The molecule has 1 fully saturated rings. The summed E-state index contributed by atoms with van der Waals surface area (Å²) in [5.74, 6) is -3.57. The second kappa shape index (κ2) is 10.5. The topological polar surface area (TPSA) is 93.1 Å². The molecule has 3 aromatic rings. The van der Waals surface area contributed by atoms with Crippen LogP contribution in [0.3, 0.4) is 0 Å². The van der Waals surface area contributed by atoms with Crippen LogP contribution in [0.25, 0.3) is 0 Å². The maximum absolute atomic E-state index is 12.4. The third kappa shape index (κ3) is 5.17. The van der Waals surface area contributed by atoms with Gasteiger partial charge in [0.1, 0.15) is 0 Å². The molecule has 0 aliphatic carbocycles. The number of nitrogens with zero attached hydrogens (tertiary/aromatic N) is 2. The number of carboxylic acid groups (broad SMARTS) is 2. The van der Waals surface area contributed by atoms with Crippen LogP contribution < -0.4 is 10.2 Å². The molecule has 3 N–H and O–H groups in total. The Balaban J connectivity index is 1.54. The average Bonchev–Trinajstić information content (AvgIpc) is 2.90. The minimum absolute atomic E-state index is 0.124. The van der Waals surface area contributed by atoms with E-state index in [2.05, 4.69) is 53.4 Å². The van der Waals surface area contributed by atoms with Gasteiger partial charge in [-0.2, -0.15) is 0 Å². The first-order valence-electron chi connectivity index (χ1n) is 12.5. The van der Waals surface area contributed by atoms with Crippen LogP contribution in [-0.2, 0) is 9.59 Å². The Morgan fingerprint density at radius 2 is 1.65 bits per heavy atom. The fourth-order valence-electron chi connectivity index (χ4n) is 5.20. The molecule has 2 aliphatic heterocycles. The van der Waals surface area contributed by atoms with Gasteiger partial charge in [0.2, 0.25) is 0 Å². The van der Waals surface area contributed by atoms with E-state index < -0.39 is 24.3 Å². The van der Waals surface area contributed by atoms with Gasteiger partial charge in [0.05, 0.1) is 23.7 Å². The Labute approximate surface area is 221 Å². The molecular formula is C29H31N3O4S. The molecule has 0 bridgehead atoms. The first-order valence-corrected chi connectivity index (χ1v) is 13.3. The highest BCUT2D eigenvalue weighted by Gasteiger charge is 2.33. The van der Waals surface area contributed by atoms with Gasteiger partial charge in [-0.25, -0.2) is 0 Å². The second-order valence-electron chi connectivity index (χ2n) is 9.76. The van der Waals surface area contributed by atoms with E-state index in [4.69, 9.17) is 0 Å². The van der Waals surface area contributed by atoms with Gasteiger partial charge in [-0.15, -0.1) is 0 Å². The van der Waals surface area contributed by atoms with Crippen molar-refractivity contribution in [2.45, 2.75) is 35.0 Å². The van der Waals surface area contributed by atoms with Gasteiger partial charge in [-0.1, -0.05) is 49.0 Å². The van der Waals surface area contributed by atoms with Crippen LogP contribution in [0.2, 0.25) is 0 Å². The van der Waals surface area contributed by atoms with Gasteiger partial charge >= 0.3 is 11.9 Å². The number of nitrogens with one attached hydrogen (secondary N) is 1. The van der Waals surface area contributed by atoms with Gasteiger partial charge in [0.25, 0.3) is 0 Å². The van der Waals surface area contributed by atoms with Crippen molar-refractivity contribution in [2.75, 3.05) is 43.4 Å². The van der Waals surface area contributed by atoms with Crippen LogP contribution in [0.1, 0.15) is 41.9 Å². The van der Waals surface area contributed by atoms with Gasteiger partial charge in [-0.05, 0) is 54.1 Å². The summed E-state index contributed by atoms with van der Waals surface area (Å²) in [5, 5.41) is 23.2. The van der Waals surface area contributed by atoms with E-state index in [1.165, 1.54) is 5.69 Å². The molecule has 3 aromatic carbocycles. The van der Waals surface area contributed by atoms with E-state index in [0.29, 0.717) is 11.3 Å². The molecule has 7 nitrogen and oxygen atoms in total. The smallest absolute Gasteiger partial charge is 0.311 e. The predicted molar refractivity (Wildman–Crippen MR) is 147 cm³/mol. The highest BCUT2D eigenvalue weighted by Crippen LogP contribution is 2.50. The number of carbonyl (C=O) groups is 2. The van der Waals surface area contributed by atoms with Crippen molar-refractivity contribution in [3.05, 3.63) is 77.4 Å². The zero-order valence-corrected chi connectivity index (χ0v) is 21.8. The Morgan fingerprint density at radius 1 is 0.946 bits per heavy atom. The fraction of sp³-hybridized carbons (Fsp3) is 0.310. The molecule has 0 radical (unpaired) electrons. The molecule has 2 aliphatic rings. The maximum atomic E-state index is 12.4. The zero-order valence-electron chi connectivity index (χ0n) is 21.0. The van der Waals surface area contributed by atoms with Crippen molar-refractivity contribution in [2.24, 2.45) is 0 Å². The molecule has 0 spiro atoms. The fourth-order valence-corrected chi connectivity index (χ4v) is 6.21. The summed E-state index contributed by atoms with van der Waals surface area (Å²) in [5.41, 5.74) is 5.19. The molecule has 8 heteroatoms. The standard InChI is InChI=1S/C29H31N3O4S/c1-18(19-7-9-20(10-8-19)32-15-13-31(2)14-16-32)21-11-12-25-28(27(21)22(29(35)36)17-26(33)34)30-23-5-3-4-6-24(23)37-25/h3-12,18,22,30H,13-17H2,1-2H3,(H,33,34)(H,35,36). The first kappa shape index (κ1) is 25.2. The SMILES string of the molecule is CC(c1ccc(N2CCN(C)CC2)cc1)c1ccc2c(c1C(CC(=O)O)C(=O)O)Nc1ccccc1S2. The minimum Gasteiger partial charge on any atom is -0.481 e. The maximum Gasteiger partial charge on any atom is 0.311 e. The van der Waals surface area contributed by atoms with E-state index in [9.17, 15) is 19.8 Å². The molecule has 0 saturated carbocycles. The van der Waals surface area contributed by atoms with Crippen molar-refractivity contribution in [1.29, 1.82) is 0 Å². The quantitative estimate of drug-likeness (QED) is 0.298. The Bertz CT molecular complexity index is 1320. The number of para-hydroxylation sites is 1. The minimum atomic E-state index is -1.17. The lowest BCUT2D eigenvalue weighted by Gasteiger charge is -2.34.